The van der Waals surface area contributed by atoms with Gasteiger partial charge < -0.3 is 4.90 Å². The highest BCUT2D eigenvalue weighted by molar-refractivity contribution is 5.99. The molecule has 0 fully saturated rings. The molecule has 0 spiro atoms. The fourth-order valence-corrected chi connectivity index (χ4v) is 4.03. The van der Waals surface area contributed by atoms with E-state index >= 15 is 0 Å². The fourth-order valence-electron chi connectivity index (χ4n) is 4.03. The first kappa shape index (κ1) is 20.0. The zero-order valence-corrected chi connectivity index (χ0v) is 17.5. The quantitative estimate of drug-likeness (QED) is 0.409. The van der Waals surface area contributed by atoms with Crippen molar-refractivity contribution in [2.45, 2.75) is 45.7 Å². The molecule has 0 radical (unpaired) electrons. The lowest BCUT2D eigenvalue weighted by molar-refractivity contribution is -0.133. The maximum atomic E-state index is 12.8. The smallest absolute Gasteiger partial charge is 0.223 e. The van der Waals surface area contributed by atoms with Crippen LogP contribution in [0.2, 0.25) is 0 Å². The number of fused-ring (bicyclic) bond motifs is 3. The lowest BCUT2D eigenvalue weighted by atomic mass is 9.99. The number of aromatic nitrogens is 1. The molecular weight excluding hydrogens is 372 g/mol. The first-order valence-electron chi connectivity index (χ1n) is 10.5. The summed E-state index contributed by atoms with van der Waals surface area (Å²) < 4.78 is 0. The van der Waals surface area contributed by atoms with Crippen LogP contribution in [0.1, 0.15) is 53.9 Å². The van der Waals surface area contributed by atoms with E-state index in [1.54, 1.807) is 11.1 Å². The Labute approximate surface area is 177 Å². The van der Waals surface area contributed by atoms with Gasteiger partial charge >= 0.3 is 0 Å². The normalized spacial score (nSPS) is 11.8. The zero-order chi connectivity index (χ0) is 21.1. The van der Waals surface area contributed by atoms with Gasteiger partial charge in [0.2, 0.25) is 5.91 Å². The van der Waals surface area contributed by atoms with Crippen LogP contribution < -0.4 is 0 Å². The van der Waals surface area contributed by atoms with Crippen LogP contribution in [0.25, 0.3) is 11.1 Å². The number of pyridine rings is 1. The largest absolute Gasteiger partial charge is 0.334 e. The Morgan fingerprint density at radius 2 is 1.70 bits per heavy atom. The van der Waals surface area contributed by atoms with Crippen molar-refractivity contribution in [2.75, 3.05) is 0 Å². The highest BCUT2D eigenvalue weighted by atomic mass is 16.2. The van der Waals surface area contributed by atoms with E-state index < -0.39 is 0 Å². The van der Waals surface area contributed by atoms with Crippen LogP contribution in [0.5, 0.6) is 0 Å². The maximum Gasteiger partial charge on any atom is 0.223 e. The summed E-state index contributed by atoms with van der Waals surface area (Å²) in [4.78, 5) is 31.8. The van der Waals surface area contributed by atoms with Gasteiger partial charge in [0.15, 0.2) is 5.78 Å². The highest BCUT2D eigenvalue weighted by Gasteiger charge is 2.22. The van der Waals surface area contributed by atoms with Crippen molar-refractivity contribution in [1.82, 2.24) is 9.88 Å². The van der Waals surface area contributed by atoms with E-state index in [0.29, 0.717) is 12.1 Å². The van der Waals surface area contributed by atoms with E-state index in [0.717, 1.165) is 17.7 Å². The van der Waals surface area contributed by atoms with E-state index in [2.05, 4.69) is 17.1 Å². The van der Waals surface area contributed by atoms with Crippen LogP contribution in [0.3, 0.4) is 0 Å². The predicted molar refractivity (Wildman–Crippen MR) is 118 cm³/mol. The average Bonchev–Trinajstić information content (AvgIpc) is 3.14. The molecule has 1 aliphatic carbocycles. The van der Waals surface area contributed by atoms with Crippen molar-refractivity contribution in [3.8, 4) is 11.1 Å². The number of Topliss-reactive ketones (excluding diaryl/α,β-unsaturated/α-hetero) is 1. The van der Waals surface area contributed by atoms with Gasteiger partial charge in [-0.1, -0.05) is 42.5 Å². The third-order valence-corrected chi connectivity index (χ3v) is 5.69. The van der Waals surface area contributed by atoms with E-state index in [9.17, 15) is 9.59 Å². The van der Waals surface area contributed by atoms with Gasteiger partial charge in [0, 0.05) is 30.6 Å². The molecule has 0 bridgehead atoms. The van der Waals surface area contributed by atoms with Gasteiger partial charge in [-0.05, 0) is 60.7 Å². The number of rotatable bonds is 7. The summed E-state index contributed by atoms with van der Waals surface area (Å²) in [5.41, 5.74) is 6.43. The molecule has 0 saturated heterocycles. The summed E-state index contributed by atoms with van der Waals surface area (Å²) in [5, 5.41) is 0. The first-order valence-corrected chi connectivity index (χ1v) is 10.5. The minimum atomic E-state index is -0.0180. The fraction of sp³-hybridized carbons (Fsp3) is 0.269. The first-order chi connectivity index (χ1) is 14.5. The number of nitrogens with zero attached hydrogens (tertiary/aromatic N) is 2. The van der Waals surface area contributed by atoms with Gasteiger partial charge in [-0.15, -0.1) is 0 Å². The highest BCUT2D eigenvalue weighted by Crippen LogP contribution is 2.37. The number of amides is 1. The van der Waals surface area contributed by atoms with Crippen molar-refractivity contribution in [2.24, 2.45) is 0 Å². The second-order valence-corrected chi connectivity index (χ2v) is 8.07. The molecule has 30 heavy (non-hydrogen) atoms. The van der Waals surface area contributed by atoms with Crippen LogP contribution >= 0.6 is 0 Å². The van der Waals surface area contributed by atoms with Gasteiger partial charge in [0.25, 0.3) is 0 Å². The lowest BCUT2D eigenvalue weighted by Crippen LogP contribution is -2.36. The summed E-state index contributed by atoms with van der Waals surface area (Å²) in [6, 6.07) is 20.0. The Hall–Kier alpha value is -3.27. The molecule has 0 atom stereocenters. The predicted octanol–water partition coefficient (Wildman–Crippen LogP) is 5.05. The molecular formula is C26H26N2O2. The minimum absolute atomic E-state index is 0.0112. The summed E-state index contributed by atoms with van der Waals surface area (Å²) in [6.07, 6.45) is 3.06. The van der Waals surface area contributed by atoms with Crippen molar-refractivity contribution in [3.05, 3.63) is 89.2 Å². The number of carbonyl (C=O) groups excluding carboxylic acids is 2. The average molecular weight is 399 g/mol. The van der Waals surface area contributed by atoms with Crippen molar-refractivity contribution >= 4 is 11.7 Å². The SMILES string of the molecule is CC(C)N(Cc1ccccn1)C(=O)CCC(=O)c1ccc2c(c1)-c1ccccc1C2. The molecule has 4 nitrogen and oxygen atoms in total. The molecule has 2 aromatic carbocycles. The Bertz CT molecular complexity index is 1070. The third kappa shape index (κ3) is 4.18. The minimum Gasteiger partial charge on any atom is -0.334 e. The van der Waals surface area contributed by atoms with Crippen LogP contribution in [0, 0.1) is 0 Å². The van der Waals surface area contributed by atoms with Gasteiger partial charge in [-0.2, -0.15) is 0 Å². The van der Waals surface area contributed by atoms with Gasteiger partial charge in [-0.25, -0.2) is 0 Å². The number of benzene rings is 2. The molecule has 4 rings (SSSR count). The molecule has 1 amide bonds. The van der Waals surface area contributed by atoms with Crippen LogP contribution in [0.15, 0.2) is 66.9 Å². The molecule has 3 aromatic rings. The Morgan fingerprint density at radius 1 is 0.933 bits per heavy atom. The van der Waals surface area contributed by atoms with E-state index in [1.165, 1.54) is 16.7 Å². The summed E-state index contributed by atoms with van der Waals surface area (Å²) >= 11 is 0. The molecule has 0 aliphatic heterocycles. The van der Waals surface area contributed by atoms with Crippen molar-refractivity contribution in [3.63, 3.8) is 0 Å². The van der Waals surface area contributed by atoms with Crippen LogP contribution in [0.4, 0.5) is 0 Å². The second-order valence-electron chi connectivity index (χ2n) is 8.07. The lowest BCUT2D eigenvalue weighted by Gasteiger charge is -2.26. The summed E-state index contributed by atoms with van der Waals surface area (Å²) in [5.74, 6) is -0.00687. The molecule has 1 heterocycles. The molecule has 0 N–H and O–H groups in total. The zero-order valence-electron chi connectivity index (χ0n) is 17.5. The summed E-state index contributed by atoms with van der Waals surface area (Å²) in [7, 11) is 0. The van der Waals surface area contributed by atoms with Gasteiger partial charge in [0.05, 0.1) is 12.2 Å². The molecule has 0 saturated carbocycles. The molecule has 1 aromatic heterocycles. The number of carbonyl (C=O) groups is 2. The maximum absolute atomic E-state index is 12.8. The third-order valence-electron chi connectivity index (χ3n) is 5.69. The van der Waals surface area contributed by atoms with Crippen LogP contribution in [-0.4, -0.2) is 27.6 Å². The second kappa shape index (κ2) is 8.62. The Morgan fingerprint density at radius 3 is 2.47 bits per heavy atom. The van der Waals surface area contributed by atoms with Gasteiger partial charge in [0.1, 0.15) is 0 Å². The molecule has 1 aliphatic rings. The standard InChI is InChI=1S/C26H26N2O2/c1-18(2)28(17-22-8-5-6-14-27-22)26(30)13-12-25(29)21-11-10-20-15-19-7-3-4-9-23(19)24(20)16-21/h3-11,14,16,18H,12-13,15,17H2,1-2H3. The monoisotopic (exact) mass is 398 g/mol. The number of hydrogen-bond acceptors (Lipinski definition) is 3. The van der Waals surface area contributed by atoms with Gasteiger partial charge in [-0.3, -0.25) is 14.6 Å². The topological polar surface area (TPSA) is 50.3 Å². The molecule has 152 valence electrons. The Kier molecular flexibility index (Phi) is 5.75. The molecule has 0 unspecified atom stereocenters. The Balaban J connectivity index is 1.43. The van der Waals surface area contributed by atoms with E-state index in [-0.39, 0.29) is 30.6 Å². The van der Waals surface area contributed by atoms with Crippen LogP contribution in [-0.2, 0) is 17.8 Å². The van der Waals surface area contributed by atoms with Crippen molar-refractivity contribution in [1.29, 1.82) is 0 Å². The number of ketones is 1. The number of hydrogen-bond donors (Lipinski definition) is 0. The van der Waals surface area contributed by atoms with E-state index in [4.69, 9.17) is 0 Å². The van der Waals surface area contributed by atoms with E-state index in [1.807, 2.05) is 62.4 Å². The molecule has 4 heteroatoms. The summed E-state index contributed by atoms with van der Waals surface area (Å²) in [6.45, 7) is 4.43. The van der Waals surface area contributed by atoms with Crippen molar-refractivity contribution < 1.29 is 9.59 Å².